The molecule has 1 fully saturated rings. The summed E-state index contributed by atoms with van der Waals surface area (Å²) in [4.78, 5) is 14.4. The highest BCUT2D eigenvalue weighted by Gasteiger charge is 2.29. The van der Waals surface area contributed by atoms with Crippen LogP contribution in [0.1, 0.15) is 26.2 Å². The molecule has 0 spiro atoms. The number of amides is 1. The molecule has 2 atom stereocenters. The highest BCUT2D eigenvalue weighted by molar-refractivity contribution is 5.81. The number of carbonyl (C=O) groups excluding carboxylic acids is 1. The maximum atomic E-state index is 13.6. The van der Waals surface area contributed by atoms with Gasteiger partial charge in [0.05, 0.1) is 0 Å². The van der Waals surface area contributed by atoms with Gasteiger partial charge in [-0.3, -0.25) is 4.79 Å². The molecule has 1 aliphatic rings. The number of hydrogen-bond donors (Lipinski definition) is 1. The van der Waals surface area contributed by atoms with E-state index in [9.17, 15) is 9.18 Å². The number of para-hydroxylation sites is 1. The van der Waals surface area contributed by atoms with E-state index in [1.807, 2.05) is 18.9 Å². The van der Waals surface area contributed by atoms with E-state index in [2.05, 4.69) is 5.32 Å². The molecule has 0 aromatic heterocycles. The van der Waals surface area contributed by atoms with Crippen LogP contribution in [0.3, 0.4) is 0 Å². The molecule has 5 heteroatoms. The topological polar surface area (TPSA) is 41.6 Å². The minimum absolute atomic E-state index is 0.0549. The monoisotopic (exact) mass is 294 g/mol. The fraction of sp³-hybridized carbons (Fsp3) is 0.562. The molecule has 1 N–H and O–H groups in total. The van der Waals surface area contributed by atoms with Gasteiger partial charge in [0.2, 0.25) is 0 Å². The smallest absolute Gasteiger partial charge is 0.263 e. The fourth-order valence-corrected chi connectivity index (χ4v) is 2.62. The van der Waals surface area contributed by atoms with E-state index >= 15 is 0 Å². The Morgan fingerprint density at radius 1 is 1.52 bits per heavy atom. The number of nitrogens with one attached hydrogen (secondary N) is 1. The number of nitrogens with zero attached hydrogens (tertiary/aromatic N) is 1. The van der Waals surface area contributed by atoms with Gasteiger partial charge in [0.1, 0.15) is 0 Å². The summed E-state index contributed by atoms with van der Waals surface area (Å²) in [6.07, 6.45) is 1.95. The number of likely N-dealkylation sites (tertiary alicyclic amines) is 1. The van der Waals surface area contributed by atoms with Crippen molar-refractivity contribution in [3.05, 3.63) is 30.1 Å². The third-order valence-electron chi connectivity index (χ3n) is 3.89. The lowest BCUT2D eigenvalue weighted by molar-refractivity contribution is -0.140. The minimum atomic E-state index is -0.627. The first-order chi connectivity index (χ1) is 10.2. The second kappa shape index (κ2) is 7.41. The zero-order valence-electron chi connectivity index (χ0n) is 12.6. The third kappa shape index (κ3) is 3.94. The Hall–Kier alpha value is -1.62. The highest BCUT2D eigenvalue weighted by Crippen LogP contribution is 2.20. The van der Waals surface area contributed by atoms with Gasteiger partial charge >= 0.3 is 0 Å². The molecule has 116 valence electrons. The fourth-order valence-electron chi connectivity index (χ4n) is 2.62. The summed E-state index contributed by atoms with van der Waals surface area (Å²) >= 11 is 0. The lowest BCUT2D eigenvalue weighted by atomic mass is 10.0. The highest BCUT2D eigenvalue weighted by atomic mass is 19.1. The van der Waals surface area contributed by atoms with Crippen LogP contribution in [0.25, 0.3) is 0 Å². The van der Waals surface area contributed by atoms with Crippen LogP contribution in [-0.4, -0.2) is 43.1 Å². The van der Waals surface area contributed by atoms with Crippen molar-refractivity contribution < 1.29 is 13.9 Å². The summed E-state index contributed by atoms with van der Waals surface area (Å²) in [6.45, 7) is 3.31. The first-order valence-corrected chi connectivity index (χ1v) is 7.53. The Morgan fingerprint density at radius 2 is 2.29 bits per heavy atom. The van der Waals surface area contributed by atoms with Crippen molar-refractivity contribution in [2.45, 2.75) is 38.3 Å². The van der Waals surface area contributed by atoms with Gasteiger partial charge in [-0.05, 0) is 38.4 Å². The van der Waals surface area contributed by atoms with Crippen LogP contribution in [0, 0.1) is 5.82 Å². The normalized spacial score (nSPS) is 20.1. The van der Waals surface area contributed by atoms with Crippen LogP contribution in [0.15, 0.2) is 24.3 Å². The summed E-state index contributed by atoms with van der Waals surface area (Å²) in [7, 11) is 1.91. The number of hydrogen-bond acceptors (Lipinski definition) is 3. The summed E-state index contributed by atoms with van der Waals surface area (Å²) in [5.41, 5.74) is 0. The Balaban J connectivity index is 2.03. The van der Waals surface area contributed by atoms with E-state index in [-0.39, 0.29) is 11.7 Å². The number of ether oxygens (including phenoxy) is 1. The molecule has 1 aromatic rings. The molecule has 0 unspecified atom stereocenters. The van der Waals surface area contributed by atoms with Crippen molar-refractivity contribution in [1.29, 1.82) is 0 Å². The number of halogens is 1. The zero-order chi connectivity index (χ0) is 15.2. The van der Waals surface area contributed by atoms with Gasteiger partial charge in [-0.1, -0.05) is 19.1 Å². The molecule has 0 bridgehead atoms. The van der Waals surface area contributed by atoms with Crippen LogP contribution in [0.2, 0.25) is 0 Å². The Bertz CT molecular complexity index is 481. The average Bonchev–Trinajstić information content (AvgIpc) is 2.53. The van der Waals surface area contributed by atoms with E-state index in [0.717, 1.165) is 19.4 Å². The molecular formula is C16H23FN2O2. The Kier molecular flexibility index (Phi) is 5.56. The van der Waals surface area contributed by atoms with Gasteiger partial charge in [0.15, 0.2) is 17.7 Å². The number of carbonyl (C=O) groups is 1. The quantitative estimate of drug-likeness (QED) is 0.905. The molecule has 0 saturated carbocycles. The van der Waals surface area contributed by atoms with E-state index < -0.39 is 11.9 Å². The molecule has 0 radical (unpaired) electrons. The van der Waals surface area contributed by atoms with Crippen LogP contribution in [0.4, 0.5) is 4.39 Å². The molecule has 0 aliphatic carbocycles. The Morgan fingerprint density at radius 3 is 2.95 bits per heavy atom. The number of rotatable bonds is 5. The molecule has 1 heterocycles. The van der Waals surface area contributed by atoms with Crippen LogP contribution in [-0.2, 0) is 4.79 Å². The number of likely N-dealkylation sites (N-methyl/N-ethyl adjacent to an activating group) is 1. The predicted molar refractivity (Wildman–Crippen MR) is 79.8 cm³/mol. The molecule has 2 rings (SSSR count). The summed E-state index contributed by atoms with van der Waals surface area (Å²) in [5, 5.41) is 3.21. The van der Waals surface area contributed by atoms with Crippen molar-refractivity contribution in [3.63, 3.8) is 0 Å². The summed E-state index contributed by atoms with van der Waals surface area (Å²) < 4.78 is 19.2. The van der Waals surface area contributed by atoms with E-state index in [4.69, 9.17) is 4.74 Å². The van der Waals surface area contributed by atoms with Crippen LogP contribution in [0.5, 0.6) is 5.75 Å². The molecular weight excluding hydrogens is 271 g/mol. The number of piperidine rings is 1. The van der Waals surface area contributed by atoms with E-state index in [0.29, 0.717) is 19.0 Å². The summed E-state index contributed by atoms with van der Waals surface area (Å²) in [6, 6.07) is 6.52. The molecule has 1 saturated heterocycles. The molecule has 1 amide bonds. The van der Waals surface area contributed by atoms with Crippen LogP contribution < -0.4 is 10.1 Å². The zero-order valence-corrected chi connectivity index (χ0v) is 12.6. The van der Waals surface area contributed by atoms with Crippen LogP contribution >= 0.6 is 0 Å². The standard InChI is InChI=1S/C16H23FN2O2/c1-3-14(21-15-9-5-4-8-13(15)17)16(20)19-10-6-7-12(11-19)18-2/h4-5,8-9,12,14,18H,3,6-7,10-11H2,1-2H3/t12-,14+/m1/s1. The maximum absolute atomic E-state index is 13.6. The van der Waals surface area contributed by atoms with E-state index in [1.54, 1.807) is 18.2 Å². The predicted octanol–water partition coefficient (Wildman–Crippen LogP) is 2.19. The van der Waals surface area contributed by atoms with Gasteiger partial charge in [-0.2, -0.15) is 0 Å². The van der Waals surface area contributed by atoms with Gasteiger partial charge in [-0.15, -0.1) is 0 Å². The lowest BCUT2D eigenvalue weighted by Gasteiger charge is -2.34. The second-order valence-corrected chi connectivity index (χ2v) is 5.36. The molecule has 1 aliphatic heterocycles. The van der Waals surface area contributed by atoms with Crippen molar-refractivity contribution in [3.8, 4) is 5.75 Å². The summed E-state index contributed by atoms with van der Waals surface area (Å²) in [5.74, 6) is -0.351. The lowest BCUT2D eigenvalue weighted by Crippen LogP contribution is -2.51. The van der Waals surface area contributed by atoms with Gasteiger partial charge in [0.25, 0.3) is 5.91 Å². The minimum Gasteiger partial charge on any atom is -0.478 e. The average molecular weight is 294 g/mol. The second-order valence-electron chi connectivity index (χ2n) is 5.36. The van der Waals surface area contributed by atoms with Crippen molar-refractivity contribution in [2.75, 3.05) is 20.1 Å². The maximum Gasteiger partial charge on any atom is 0.263 e. The first-order valence-electron chi connectivity index (χ1n) is 7.53. The molecule has 1 aromatic carbocycles. The van der Waals surface area contributed by atoms with Gasteiger partial charge in [0, 0.05) is 19.1 Å². The Labute approximate surface area is 125 Å². The first kappa shape index (κ1) is 15.8. The third-order valence-corrected chi connectivity index (χ3v) is 3.89. The van der Waals surface area contributed by atoms with E-state index in [1.165, 1.54) is 6.07 Å². The SMILES string of the molecule is CC[C@H](Oc1ccccc1F)C(=O)N1CCC[C@@H](NC)C1. The van der Waals surface area contributed by atoms with Crippen molar-refractivity contribution in [1.82, 2.24) is 10.2 Å². The van der Waals surface area contributed by atoms with Gasteiger partial charge in [-0.25, -0.2) is 4.39 Å². The number of benzene rings is 1. The van der Waals surface area contributed by atoms with Crippen molar-refractivity contribution in [2.24, 2.45) is 0 Å². The van der Waals surface area contributed by atoms with Gasteiger partial charge < -0.3 is 15.0 Å². The largest absolute Gasteiger partial charge is 0.478 e. The molecule has 4 nitrogen and oxygen atoms in total. The molecule has 21 heavy (non-hydrogen) atoms. The van der Waals surface area contributed by atoms with Crippen molar-refractivity contribution >= 4 is 5.91 Å².